The molecular formula is C9H11NO2S. The predicted octanol–water partition coefficient (Wildman–Crippen LogP) is 1.70. The fourth-order valence-electron chi connectivity index (χ4n) is 1.13. The number of carbonyl (C=O) groups is 1. The highest BCUT2D eigenvalue weighted by Crippen LogP contribution is 2.20. The first-order valence-corrected chi connectivity index (χ1v) is 5.18. The average Bonchev–Trinajstić information content (AvgIpc) is 2.79. The van der Waals surface area contributed by atoms with Gasteiger partial charge in [-0.3, -0.25) is 0 Å². The van der Waals surface area contributed by atoms with Crippen molar-refractivity contribution >= 4 is 17.3 Å². The normalized spacial score (nSPS) is 16.0. The Balaban J connectivity index is 1.92. The third-order valence-electron chi connectivity index (χ3n) is 2.04. The standard InChI is InChI=1S/C9H11NO2S/c11-9(12)8-3-6(5-13-8)4-10-7-1-2-7/h3,5,7,10H,1-2,4H2,(H,11,12). The molecule has 2 rings (SSSR count). The second kappa shape index (κ2) is 3.47. The smallest absolute Gasteiger partial charge is 0.345 e. The van der Waals surface area contributed by atoms with Gasteiger partial charge in [0.15, 0.2) is 0 Å². The SMILES string of the molecule is O=C(O)c1cc(CNC2CC2)cs1. The van der Waals surface area contributed by atoms with Crippen LogP contribution in [0, 0.1) is 0 Å². The Kier molecular flexibility index (Phi) is 2.33. The molecule has 4 heteroatoms. The first-order valence-electron chi connectivity index (χ1n) is 4.30. The number of rotatable bonds is 4. The minimum atomic E-state index is -0.831. The van der Waals surface area contributed by atoms with Crippen LogP contribution in [-0.4, -0.2) is 17.1 Å². The zero-order chi connectivity index (χ0) is 9.26. The zero-order valence-electron chi connectivity index (χ0n) is 7.12. The summed E-state index contributed by atoms with van der Waals surface area (Å²) in [7, 11) is 0. The van der Waals surface area contributed by atoms with Crippen LogP contribution in [0.4, 0.5) is 0 Å². The Morgan fingerprint density at radius 2 is 2.46 bits per heavy atom. The molecule has 0 radical (unpaired) electrons. The van der Waals surface area contributed by atoms with Crippen molar-refractivity contribution < 1.29 is 9.90 Å². The Bertz CT molecular complexity index is 317. The summed E-state index contributed by atoms with van der Waals surface area (Å²) in [6.45, 7) is 0.800. The summed E-state index contributed by atoms with van der Waals surface area (Å²) in [5.41, 5.74) is 1.08. The van der Waals surface area contributed by atoms with Crippen LogP contribution in [0.2, 0.25) is 0 Å². The molecule has 1 aromatic rings. The van der Waals surface area contributed by atoms with E-state index < -0.39 is 5.97 Å². The lowest BCUT2D eigenvalue weighted by molar-refractivity contribution is 0.0702. The van der Waals surface area contributed by atoms with Crippen molar-refractivity contribution in [3.05, 3.63) is 21.9 Å². The van der Waals surface area contributed by atoms with Crippen LogP contribution < -0.4 is 5.32 Å². The molecule has 2 N–H and O–H groups in total. The lowest BCUT2D eigenvalue weighted by Crippen LogP contribution is -2.14. The fraction of sp³-hybridized carbons (Fsp3) is 0.444. The van der Waals surface area contributed by atoms with Crippen molar-refractivity contribution in [2.45, 2.75) is 25.4 Å². The number of carboxylic acid groups (broad SMARTS) is 1. The molecule has 1 fully saturated rings. The van der Waals surface area contributed by atoms with Crippen molar-refractivity contribution in [1.82, 2.24) is 5.32 Å². The third kappa shape index (κ3) is 2.29. The molecule has 0 unspecified atom stereocenters. The van der Waals surface area contributed by atoms with Crippen molar-refractivity contribution in [1.29, 1.82) is 0 Å². The Hall–Kier alpha value is -0.870. The highest BCUT2D eigenvalue weighted by Gasteiger charge is 2.20. The molecule has 0 bridgehead atoms. The molecule has 1 aliphatic carbocycles. The molecule has 70 valence electrons. The van der Waals surface area contributed by atoms with Gasteiger partial charge in [-0.05, 0) is 29.9 Å². The van der Waals surface area contributed by atoms with E-state index in [4.69, 9.17) is 5.11 Å². The highest BCUT2D eigenvalue weighted by atomic mass is 32.1. The van der Waals surface area contributed by atoms with E-state index in [1.54, 1.807) is 6.07 Å². The maximum Gasteiger partial charge on any atom is 0.345 e. The fourth-order valence-corrected chi connectivity index (χ4v) is 1.88. The Morgan fingerprint density at radius 3 is 3.00 bits per heavy atom. The summed E-state index contributed by atoms with van der Waals surface area (Å²) in [4.78, 5) is 11.0. The third-order valence-corrected chi connectivity index (χ3v) is 3.00. The number of hydrogen-bond acceptors (Lipinski definition) is 3. The van der Waals surface area contributed by atoms with Crippen LogP contribution in [0.5, 0.6) is 0 Å². The molecule has 0 aliphatic heterocycles. The predicted molar refractivity (Wildman–Crippen MR) is 51.1 cm³/mol. The van der Waals surface area contributed by atoms with E-state index in [9.17, 15) is 4.79 Å². The number of hydrogen-bond donors (Lipinski definition) is 2. The van der Waals surface area contributed by atoms with Gasteiger partial charge >= 0.3 is 5.97 Å². The highest BCUT2D eigenvalue weighted by molar-refractivity contribution is 7.12. The van der Waals surface area contributed by atoms with E-state index in [-0.39, 0.29) is 0 Å². The second-order valence-electron chi connectivity index (χ2n) is 3.28. The molecule has 1 saturated carbocycles. The van der Waals surface area contributed by atoms with Gasteiger partial charge < -0.3 is 10.4 Å². The molecule has 13 heavy (non-hydrogen) atoms. The topological polar surface area (TPSA) is 49.3 Å². The molecule has 0 amide bonds. The molecule has 1 heterocycles. The number of thiophene rings is 1. The van der Waals surface area contributed by atoms with Crippen molar-refractivity contribution in [3.63, 3.8) is 0 Å². The first kappa shape index (κ1) is 8.72. The van der Waals surface area contributed by atoms with E-state index in [0.717, 1.165) is 12.1 Å². The molecule has 1 aliphatic rings. The van der Waals surface area contributed by atoms with Crippen LogP contribution in [0.15, 0.2) is 11.4 Å². The molecule has 0 atom stereocenters. The van der Waals surface area contributed by atoms with Gasteiger partial charge in [-0.15, -0.1) is 11.3 Å². The van der Waals surface area contributed by atoms with Crippen LogP contribution in [0.25, 0.3) is 0 Å². The van der Waals surface area contributed by atoms with Gasteiger partial charge in [-0.2, -0.15) is 0 Å². The molecule has 1 aromatic heterocycles. The zero-order valence-corrected chi connectivity index (χ0v) is 7.93. The Labute approximate surface area is 80.4 Å². The van der Waals surface area contributed by atoms with Gasteiger partial charge in [0.05, 0.1) is 0 Å². The van der Waals surface area contributed by atoms with Crippen LogP contribution in [0.1, 0.15) is 28.1 Å². The number of nitrogens with one attached hydrogen (secondary N) is 1. The van der Waals surface area contributed by atoms with Gasteiger partial charge in [0.1, 0.15) is 4.88 Å². The molecule has 0 spiro atoms. The van der Waals surface area contributed by atoms with Gasteiger partial charge in [0.2, 0.25) is 0 Å². The molecule has 0 aromatic carbocycles. The summed E-state index contributed by atoms with van der Waals surface area (Å²) >= 11 is 1.29. The second-order valence-corrected chi connectivity index (χ2v) is 4.19. The minimum absolute atomic E-state index is 0.424. The average molecular weight is 197 g/mol. The number of aromatic carboxylic acids is 1. The summed E-state index contributed by atoms with van der Waals surface area (Å²) in [5.74, 6) is -0.831. The van der Waals surface area contributed by atoms with Crippen LogP contribution in [0.3, 0.4) is 0 Å². The van der Waals surface area contributed by atoms with Crippen LogP contribution >= 0.6 is 11.3 Å². The summed E-state index contributed by atoms with van der Waals surface area (Å²) in [6, 6.07) is 2.41. The van der Waals surface area contributed by atoms with E-state index in [1.807, 2.05) is 5.38 Å². The first-order chi connectivity index (χ1) is 6.25. The van der Waals surface area contributed by atoms with E-state index in [0.29, 0.717) is 10.9 Å². The molecular weight excluding hydrogens is 186 g/mol. The maximum atomic E-state index is 10.6. The number of carboxylic acids is 1. The van der Waals surface area contributed by atoms with Crippen molar-refractivity contribution in [2.24, 2.45) is 0 Å². The quantitative estimate of drug-likeness (QED) is 0.772. The van der Waals surface area contributed by atoms with E-state index >= 15 is 0 Å². The minimum Gasteiger partial charge on any atom is -0.477 e. The maximum absolute atomic E-state index is 10.6. The molecule has 3 nitrogen and oxygen atoms in total. The van der Waals surface area contributed by atoms with Gasteiger partial charge in [-0.25, -0.2) is 4.79 Å². The Morgan fingerprint density at radius 1 is 1.69 bits per heavy atom. The van der Waals surface area contributed by atoms with Crippen molar-refractivity contribution in [3.8, 4) is 0 Å². The molecule has 0 saturated heterocycles. The van der Waals surface area contributed by atoms with Gasteiger partial charge in [0.25, 0.3) is 0 Å². The summed E-state index contributed by atoms with van der Waals surface area (Å²) in [5, 5.41) is 13.9. The van der Waals surface area contributed by atoms with Crippen molar-refractivity contribution in [2.75, 3.05) is 0 Å². The lowest BCUT2D eigenvalue weighted by atomic mass is 10.3. The summed E-state index contributed by atoms with van der Waals surface area (Å²) < 4.78 is 0. The van der Waals surface area contributed by atoms with E-state index in [1.165, 1.54) is 24.2 Å². The van der Waals surface area contributed by atoms with Gasteiger partial charge in [0, 0.05) is 12.6 Å². The van der Waals surface area contributed by atoms with Crippen LogP contribution in [-0.2, 0) is 6.54 Å². The largest absolute Gasteiger partial charge is 0.477 e. The van der Waals surface area contributed by atoms with E-state index in [2.05, 4.69) is 5.32 Å². The lowest BCUT2D eigenvalue weighted by Gasteiger charge is -1.97. The summed E-state index contributed by atoms with van der Waals surface area (Å²) in [6.07, 6.45) is 2.52. The monoisotopic (exact) mass is 197 g/mol. The van der Waals surface area contributed by atoms with Gasteiger partial charge in [-0.1, -0.05) is 0 Å².